The molecule has 0 amide bonds. The van der Waals surface area contributed by atoms with Crippen molar-refractivity contribution in [3.05, 3.63) is 134 Å². The summed E-state index contributed by atoms with van der Waals surface area (Å²) in [6.45, 7) is 7.35. The highest BCUT2D eigenvalue weighted by Crippen LogP contribution is 2.12. The van der Waals surface area contributed by atoms with Gasteiger partial charge in [-0.2, -0.15) is 0 Å². The summed E-state index contributed by atoms with van der Waals surface area (Å²) in [6, 6.07) is 0. The summed E-state index contributed by atoms with van der Waals surface area (Å²) >= 11 is 0. The number of carbonyl (C=O) groups is 2. The Morgan fingerprint density at radius 1 is 0.344 bits per heavy atom. The number of unbranched alkanes of at least 4 members (excludes halogenated alkanes) is 12. The SMILES string of the molecule is CC/C=C\C/C=C\C/C=C\C/C=C\CCCCCCCCC(=O)OCC(COCCCCC/C=C\C/C=C\C/C=C\C/C=C\CC)OC(=O)CCCCC/C=C\C/C=C\C/C=C\CC. The van der Waals surface area contributed by atoms with E-state index in [0.29, 0.717) is 19.4 Å². The molecule has 64 heavy (non-hydrogen) atoms. The van der Waals surface area contributed by atoms with Gasteiger partial charge >= 0.3 is 11.9 Å². The Bertz CT molecular complexity index is 1370. The normalized spacial score (nSPS) is 13.4. The molecule has 0 spiro atoms. The van der Waals surface area contributed by atoms with E-state index >= 15 is 0 Å². The first-order valence-corrected chi connectivity index (χ1v) is 25.7. The molecule has 0 heterocycles. The first-order valence-electron chi connectivity index (χ1n) is 25.7. The van der Waals surface area contributed by atoms with E-state index in [1.165, 1.54) is 19.3 Å². The molecule has 0 aliphatic heterocycles. The largest absolute Gasteiger partial charge is 0.462 e. The lowest BCUT2D eigenvalue weighted by atomic mass is 10.1. The van der Waals surface area contributed by atoms with E-state index in [9.17, 15) is 9.59 Å². The molecule has 0 aromatic rings. The Hall–Kier alpha value is -3.96. The zero-order valence-electron chi connectivity index (χ0n) is 41.2. The van der Waals surface area contributed by atoms with E-state index in [2.05, 4.69) is 154 Å². The molecular formula is C59H94O5. The van der Waals surface area contributed by atoms with Crippen LogP contribution in [0.3, 0.4) is 0 Å². The van der Waals surface area contributed by atoms with E-state index in [1.807, 2.05) is 0 Å². The lowest BCUT2D eigenvalue weighted by molar-refractivity contribution is -0.163. The average Bonchev–Trinajstić information content (AvgIpc) is 3.30. The van der Waals surface area contributed by atoms with Crippen LogP contribution in [0.1, 0.15) is 201 Å². The first kappa shape index (κ1) is 60.0. The van der Waals surface area contributed by atoms with Crippen molar-refractivity contribution < 1.29 is 23.8 Å². The summed E-state index contributed by atoms with van der Waals surface area (Å²) in [6.07, 6.45) is 76.1. The van der Waals surface area contributed by atoms with E-state index in [1.54, 1.807) is 0 Å². The monoisotopic (exact) mass is 883 g/mol. The zero-order chi connectivity index (χ0) is 46.3. The molecule has 1 atom stereocenters. The van der Waals surface area contributed by atoms with E-state index in [-0.39, 0.29) is 25.2 Å². The van der Waals surface area contributed by atoms with E-state index in [0.717, 1.165) is 148 Å². The maximum atomic E-state index is 12.8. The third kappa shape index (κ3) is 50.7. The van der Waals surface area contributed by atoms with Crippen molar-refractivity contribution in [3.8, 4) is 0 Å². The molecule has 0 N–H and O–H groups in total. The van der Waals surface area contributed by atoms with Crippen molar-refractivity contribution >= 4 is 11.9 Å². The quantitative estimate of drug-likeness (QED) is 0.0346. The second-order valence-corrected chi connectivity index (χ2v) is 16.3. The van der Waals surface area contributed by atoms with Gasteiger partial charge in [0.2, 0.25) is 0 Å². The summed E-state index contributed by atoms with van der Waals surface area (Å²) in [4.78, 5) is 25.4. The molecule has 0 radical (unpaired) electrons. The van der Waals surface area contributed by atoms with Gasteiger partial charge in [0.15, 0.2) is 6.10 Å². The van der Waals surface area contributed by atoms with Crippen molar-refractivity contribution in [1.82, 2.24) is 0 Å². The van der Waals surface area contributed by atoms with Crippen LogP contribution in [0.4, 0.5) is 0 Å². The molecule has 0 saturated heterocycles. The fourth-order valence-corrected chi connectivity index (χ4v) is 6.45. The molecule has 5 heteroatoms. The van der Waals surface area contributed by atoms with Gasteiger partial charge in [-0.05, 0) is 128 Å². The van der Waals surface area contributed by atoms with Crippen LogP contribution in [0.25, 0.3) is 0 Å². The van der Waals surface area contributed by atoms with Gasteiger partial charge in [0.1, 0.15) is 6.61 Å². The Labute approximate surface area is 394 Å². The molecular weight excluding hydrogens is 789 g/mol. The molecule has 0 aliphatic carbocycles. The highest BCUT2D eigenvalue weighted by atomic mass is 16.6. The van der Waals surface area contributed by atoms with Crippen LogP contribution in [0.15, 0.2) is 134 Å². The van der Waals surface area contributed by atoms with Crippen LogP contribution in [0, 0.1) is 0 Å². The molecule has 0 bridgehead atoms. The number of carbonyl (C=O) groups excluding carboxylic acids is 2. The summed E-state index contributed by atoms with van der Waals surface area (Å²) in [5.74, 6) is -0.476. The molecule has 1 unspecified atom stereocenters. The lowest BCUT2D eigenvalue weighted by Crippen LogP contribution is -2.30. The Balaban J connectivity index is 4.40. The number of hydrogen-bond donors (Lipinski definition) is 0. The van der Waals surface area contributed by atoms with Gasteiger partial charge in [-0.3, -0.25) is 9.59 Å². The van der Waals surface area contributed by atoms with Crippen LogP contribution < -0.4 is 0 Å². The Morgan fingerprint density at radius 3 is 1.06 bits per heavy atom. The van der Waals surface area contributed by atoms with Gasteiger partial charge in [-0.1, -0.05) is 193 Å². The molecule has 0 aliphatic rings. The third-order valence-electron chi connectivity index (χ3n) is 10.2. The highest BCUT2D eigenvalue weighted by molar-refractivity contribution is 5.70. The van der Waals surface area contributed by atoms with Crippen molar-refractivity contribution in [2.24, 2.45) is 0 Å². The van der Waals surface area contributed by atoms with Gasteiger partial charge in [-0.25, -0.2) is 0 Å². The number of esters is 2. The Morgan fingerprint density at radius 2 is 0.656 bits per heavy atom. The van der Waals surface area contributed by atoms with Crippen LogP contribution in [-0.2, 0) is 23.8 Å². The third-order valence-corrected chi connectivity index (χ3v) is 10.2. The molecule has 0 fully saturated rings. The summed E-state index contributed by atoms with van der Waals surface area (Å²) < 4.78 is 17.3. The fourth-order valence-electron chi connectivity index (χ4n) is 6.45. The van der Waals surface area contributed by atoms with Gasteiger partial charge in [-0.15, -0.1) is 0 Å². The first-order chi connectivity index (χ1) is 31.6. The topological polar surface area (TPSA) is 61.8 Å². The van der Waals surface area contributed by atoms with Crippen molar-refractivity contribution in [1.29, 1.82) is 0 Å². The van der Waals surface area contributed by atoms with Crippen LogP contribution in [-0.4, -0.2) is 37.9 Å². The fraction of sp³-hybridized carbons (Fsp3) is 0.593. The van der Waals surface area contributed by atoms with Crippen LogP contribution >= 0.6 is 0 Å². The number of rotatable bonds is 45. The number of ether oxygens (including phenoxy) is 3. The number of hydrogen-bond acceptors (Lipinski definition) is 5. The van der Waals surface area contributed by atoms with Gasteiger partial charge < -0.3 is 14.2 Å². The summed E-state index contributed by atoms with van der Waals surface area (Å²) in [5.41, 5.74) is 0. The minimum absolute atomic E-state index is 0.0435. The van der Waals surface area contributed by atoms with Gasteiger partial charge in [0, 0.05) is 19.4 Å². The summed E-state index contributed by atoms with van der Waals surface area (Å²) in [5, 5.41) is 0. The smallest absolute Gasteiger partial charge is 0.306 e. The van der Waals surface area contributed by atoms with Crippen molar-refractivity contribution in [3.63, 3.8) is 0 Å². The second kappa shape index (κ2) is 53.4. The standard InChI is InChI=1S/C59H94O5/c1-4-7-10-13-16-19-22-25-27-29-30-31-32-35-37-40-43-46-49-52-58(60)63-56-57(64-59(61)53-50-47-44-41-38-34-24-21-18-15-12-9-6-3)55-62-54-51-48-45-42-39-36-33-28-26-23-20-17-14-11-8-5-2/h7-12,16-21,25-28,30-31,34,36,38-39,57H,4-6,13-15,22-24,29,32-33,35,37,40-56H2,1-3H3/b10-7-,11-8-,12-9-,19-16-,20-17-,21-18-,27-25-,28-26-,31-30-,38-34-,39-36-. The molecule has 0 aromatic carbocycles. The Kier molecular flexibility index (Phi) is 50.1. The molecule has 360 valence electrons. The van der Waals surface area contributed by atoms with Crippen molar-refractivity contribution in [2.45, 2.75) is 207 Å². The van der Waals surface area contributed by atoms with Crippen molar-refractivity contribution in [2.75, 3.05) is 19.8 Å². The predicted octanol–water partition coefficient (Wildman–Crippen LogP) is 17.6. The minimum atomic E-state index is -0.584. The maximum absolute atomic E-state index is 12.8. The molecule has 5 nitrogen and oxygen atoms in total. The maximum Gasteiger partial charge on any atom is 0.306 e. The van der Waals surface area contributed by atoms with E-state index < -0.39 is 6.10 Å². The number of allylic oxidation sites excluding steroid dienone is 22. The minimum Gasteiger partial charge on any atom is -0.462 e. The summed E-state index contributed by atoms with van der Waals surface area (Å²) in [7, 11) is 0. The van der Waals surface area contributed by atoms with E-state index in [4.69, 9.17) is 14.2 Å². The molecule has 0 aromatic heterocycles. The van der Waals surface area contributed by atoms with Gasteiger partial charge in [0.05, 0.1) is 6.61 Å². The highest BCUT2D eigenvalue weighted by Gasteiger charge is 2.17. The second-order valence-electron chi connectivity index (χ2n) is 16.3. The predicted molar refractivity (Wildman–Crippen MR) is 278 cm³/mol. The molecule has 0 rings (SSSR count). The molecule has 0 saturated carbocycles. The zero-order valence-corrected chi connectivity index (χ0v) is 41.2. The van der Waals surface area contributed by atoms with Gasteiger partial charge in [0.25, 0.3) is 0 Å². The van der Waals surface area contributed by atoms with Crippen LogP contribution in [0.2, 0.25) is 0 Å². The average molecular weight is 883 g/mol. The van der Waals surface area contributed by atoms with Crippen LogP contribution in [0.5, 0.6) is 0 Å². The lowest BCUT2D eigenvalue weighted by Gasteiger charge is -2.18.